The summed E-state index contributed by atoms with van der Waals surface area (Å²) in [7, 11) is 0. The summed E-state index contributed by atoms with van der Waals surface area (Å²) in [5.74, 6) is -3.14. The zero-order valence-electron chi connectivity index (χ0n) is 8.19. The third-order valence-electron chi connectivity index (χ3n) is 3.30. The predicted molar refractivity (Wildman–Crippen MR) is 46.6 cm³/mol. The van der Waals surface area contributed by atoms with Crippen LogP contribution >= 0.6 is 0 Å². The van der Waals surface area contributed by atoms with Crippen molar-refractivity contribution in [2.24, 2.45) is 0 Å². The summed E-state index contributed by atoms with van der Waals surface area (Å²) in [6.45, 7) is -1.37. The maximum atomic E-state index is 13.4. The van der Waals surface area contributed by atoms with Crippen LogP contribution < -0.4 is 0 Å². The lowest BCUT2D eigenvalue weighted by Gasteiger charge is -2.54. The van der Waals surface area contributed by atoms with Crippen molar-refractivity contribution < 1.29 is 28.6 Å². The summed E-state index contributed by atoms with van der Waals surface area (Å²) in [5, 5.41) is 17.4. The van der Waals surface area contributed by atoms with Gasteiger partial charge >= 0.3 is 12.2 Å². The second kappa shape index (κ2) is 2.96. The van der Waals surface area contributed by atoms with E-state index in [9.17, 15) is 18.4 Å². The van der Waals surface area contributed by atoms with Gasteiger partial charge in [0.2, 0.25) is 0 Å². The normalized spacial score (nSPS) is 31.6. The van der Waals surface area contributed by atoms with Crippen molar-refractivity contribution in [1.29, 1.82) is 0 Å². The minimum absolute atomic E-state index is 0.0608. The summed E-state index contributed by atoms with van der Waals surface area (Å²) in [5.41, 5.74) is -1.85. The molecule has 0 aliphatic carbocycles. The summed E-state index contributed by atoms with van der Waals surface area (Å²) in [4.78, 5) is 22.8. The Bertz CT molecular complexity index is 362. The molecule has 2 aliphatic rings. The maximum absolute atomic E-state index is 13.4. The maximum Gasteiger partial charge on any atom is 0.408 e. The first-order valence-corrected chi connectivity index (χ1v) is 4.66. The fourth-order valence-electron chi connectivity index (χ4n) is 2.33. The van der Waals surface area contributed by atoms with Crippen LogP contribution in [0.4, 0.5) is 18.4 Å². The molecule has 6 nitrogen and oxygen atoms in total. The number of carboxylic acid groups (broad SMARTS) is 2. The van der Waals surface area contributed by atoms with Gasteiger partial charge in [-0.05, 0) is 6.42 Å². The van der Waals surface area contributed by atoms with E-state index in [0.717, 1.165) is 4.90 Å². The number of carbonyl (C=O) groups is 2. The second-order valence-electron chi connectivity index (χ2n) is 4.06. The molecule has 1 atom stereocenters. The Morgan fingerprint density at radius 1 is 1.12 bits per heavy atom. The highest BCUT2D eigenvalue weighted by atomic mass is 19.3. The standard InChI is InChI=1S/C8H10F2N2O4/c9-8(10)4-12(6(15)16)7(8)1-2-11(3-7)5(13)14/h1-4H2,(H,13,14)(H,15,16). The van der Waals surface area contributed by atoms with Crippen molar-refractivity contribution in [2.45, 2.75) is 17.9 Å². The SMILES string of the molecule is O=C(O)N1CCC2(C1)N(C(=O)O)CC2(F)F. The molecular formula is C8H10F2N2O4. The Balaban J connectivity index is 2.23. The van der Waals surface area contributed by atoms with Crippen LogP contribution in [0.25, 0.3) is 0 Å². The van der Waals surface area contributed by atoms with E-state index in [-0.39, 0.29) is 13.0 Å². The third kappa shape index (κ3) is 1.15. The number of amides is 2. The zero-order chi connectivity index (χ0) is 12.1. The number of halogens is 2. The number of nitrogens with zero attached hydrogens (tertiary/aromatic N) is 2. The number of hydrogen-bond acceptors (Lipinski definition) is 2. The molecule has 0 radical (unpaired) electrons. The van der Waals surface area contributed by atoms with Crippen LogP contribution in [0.3, 0.4) is 0 Å². The molecule has 16 heavy (non-hydrogen) atoms. The highest BCUT2D eigenvalue weighted by molar-refractivity contribution is 5.70. The van der Waals surface area contributed by atoms with Crippen LogP contribution in [0.2, 0.25) is 0 Å². The summed E-state index contributed by atoms with van der Waals surface area (Å²) < 4.78 is 26.8. The van der Waals surface area contributed by atoms with Crippen LogP contribution in [0.1, 0.15) is 6.42 Å². The monoisotopic (exact) mass is 236 g/mol. The molecule has 8 heteroatoms. The molecule has 0 saturated carbocycles. The first-order chi connectivity index (χ1) is 7.30. The van der Waals surface area contributed by atoms with Gasteiger partial charge in [0.25, 0.3) is 5.92 Å². The van der Waals surface area contributed by atoms with Crippen LogP contribution in [0.5, 0.6) is 0 Å². The van der Waals surface area contributed by atoms with Gasteiger partial charge in [-0.1, -0.05) is 0 Å². The topological polar surface area (TPSA) is 81.1 Å². The number of likely N-dealkylation sites (tertiary alicyclic amines) is 2. The number of alkyl halides is 2. The van der Waals surface area contributed by atoms with E-state index in [1.165, 1.54) is 0 Å². The minimum Gasteiger partial charge on any atom is -0.465 e. The van der Waals surface area contributed by atoms with Crippen molar-refractivity contribution in [2.75, 3.05) is 19.6 Å². The molecule has 2 rings (SSSR count). The average molecular weight is 236 g/mol. The lowest BCUT2D eigenvalue weighted by atomic mass is 9.80. The molecule has 2 aliphatic heterocycles. The van der Waals surface area contributed by atoms with Gasteiger partial charge in [-0.2, -0.15) is 0 Å². The Morgan fingerprint density at radius 2 is 1.75 bits per heavy atom. The van der Waals surface area contributed by atoms with Crippen LogP contribution in [0.15, 0.2) is 0 Å². The van der Waals surface area contributed by atoms with Gasteiger partial charge in [0.05, 0.1) is 13.1 Å². The largest absolute Gasteiger partial charge is 0.465 e. The fourth-order valence-corrected chi connectivity index (χ4v) is 2.33. The van der Waals surface area contributed by atoms with Gasteiger partial charge < -0.3 is 15.1 Å². The lowest BCUT2D eigenvalue weighted by Crippen LogP contribution is -2.77. The van der Waals surface area contributed by atoms with Crippen LogP contribution in [-0.4, -0.2) is 63.3 Å². The van der Waals surface area contributed by atoms with Gasteiger partial charge in [0.15, 0.2) is 0 Å². The van der Waals surface area contributed by atoms with Crippen molar-refractivity contribution in [3.8, 4) is 0 Å². The smallest absolute Gasteiger partial charge is 0.408 e. The van der Waals surface area contributed by atoms with E-state index in [2.05, 4.69) is 0 Å². The van der Waals surface area contributed by atoms with E-state index in [4.69, 9.17) is 10.2 Å². The Labute approximate surface area is 89.0 Å². The predicted octanol–water partition coefficient (Wildman–Crippen LogP) is 0.738. The third-order valence-corrected chi connectivity index (χ3v) is 3.30. The molecular weight excluding hydrogens is 226 g/mol. The van der Waals surface area contributed by atoms with Crippen molar-refractivity contribution >= 4 is 12.2 Å². The molecule has 2 heterocycles. The van der Waals surface area contributed by atoms with Gasteiger partial charge in [-0.3, -0.25) is 4.90 Å². The molecule has 1 spiro atoms. The van der Waals surface area contributed by atoms with E-state index < -0.39 is 36.7 Å². The molecule has 2 saturated heterocycles. The summed E-state index contributed by atoms with van der Waals surface area (Å²) >= 11 is 0. The number of rotatable bonds is 0. The lowest BCUT2D eigenvalue weighted by molar-refractivity contribution is -0.222. The van der Waals surface area contributed by atoms with E-state index >= 15 is 0 Å². The van der Waals surface area contributed by atoms with Crippen molar-refractivity contribution in [1.82, 2.24) is 9.80 Å². The van der Waals surface area contributed by atoms with Crippen LogP contribution in [0, 0.1) is 0 Å². The quantitative estimate of drug-likeness (QED) is 0.649. The molecule has 2 N–H and O–H groups in total. The van der Waals surface area contributed by atoms with Gasteiger partial charge in [-0.15, -0.1) is 0 Å². The molecule has 0 aromatic carbocycles. The number of hydrogen-bond donors (Lipinski definition) is 2. The zero-order valence-corrected chi connectivity index (χ0v) is 8.19. The Morgan fingerprint density at radius 3 is 2.12 bits per heavy atom. The van der Waals surface area contributed by atoms with E-state index in [1.807, 2.05) is 0 Å². The van der Waals surface area contributed by atoms with E-state index in [0.29, 0.717) is 4.90 Å². The highest BCUT2D eigenvalue weighted by Gasteiger charge is 2.71. The van der Waals surface area contributed by atoms with Crippen LogP contribution in [-0.2, 0) is 0 Å². The molecule has 0 aromatic heterocycles. The summed E-state index contributed by atoms with van der Waals surface area (Å²) in [6.07, 6.45) is -2.89. The first kappa shape index (κ1) is 10.9. The second-order valence-corrected chi connectivity index (χ2v) is 4.06. The van der Waals surface area contributed by atoms with E-state index in [1.54, 1.807) is 0 Å². The summed E-state index contributed by atoms with van der Waals surface area (Å²) in [6, 6.07) is 0. The first-order valence-electron chi connectivity index (χ1n) is 4.66. The molecule has 1 unspecified atom stereocenters. The molecule has 90 valence electrons. The van der Waals surface area contributed by atoms with Crippen molar-refractivity contribution in [3.05, 3.63) is 0 Å². The average Bonchev–Trinajstić information content (AvgIpc) is 2.61. The molecule has 2 amide bonds. The molecule has 0 aromatic rings. The Hall–Kier alpha value is -1.60. The fraction of sp³-hybridized carbons (Fsp3) is 0.750. The highest BCUT2D eigenvalue weighted by Crippen LogP contribution is 2.49. The van der Waals surface area contributed by atoms with Gasteiger partial charge in [0.1, 0.15) is 5.54 Å². The van der Waals surface area contributed by atoms with Gasteiger partial charge in [0, 0.05) is 6.54 Å². The van der Waals surface area contributed by atoms with Gasteiger partial charge in [-0.25, -0.2) is 18.4 Å². The minimum atomic E-state index is -3.14. The molecule has 0 bridgehead atoms. The molecule has 2 fully saturated rings. The van der Waals surface area contributed by atoms with Crippen molar-refractivity contribution in [3.63, 3.8) is 0 Å². The Kier molecular flexibility index (Phi) is 2.01.